The van der Waals surface area contributed by atoms with Crippen LogP contribution in [0.15, 0.2) is 0 Å². The van der Waals surface area contributed by atoms with Crippen molar-refractivity contribution in [2.24, 2.45) is 21.7 Å². The summed E-state index contributed by atoms with van der Waals surface area (Å²) in [5, 5.41) is 0. The SMILES string of the molecule is COC1[C@@]23CCC[C@@]2(C3)C(OC)[C@]23CCC[C@]12C3. The Morgan fingerprint density at radius 3 is 1.28 bits per heavy atom. The standard InChI is InChI=1S/C16H24O2/c1-17-11-13-5-3-7-15(13,9-13)12(18-2)16-8-4-6-14(11,16)10-16/h11-12H,3-10H2,1-2H3/t11?,12?,13-,14-,15+,16+. The summed E-state index contributed by atoms with van der Waals surface area (Å²) in [6.07, 6.45) is 12.4. The summed E-state index contributed by atoms with van der Waals surface area (Å²) in [4.78, 5) is 0. The molecule has 5 saturated carbocycles. The van der Waals surface area contributed by atoms with Gasteiger partial charge in [0.05, 0.1) is 12.2 Å². The highest BCUT2D eigenvalue weighted by atomic mass is 16.5. The predicted molar refractivity (Wildman–Crippen MR) is 68.3 cm³/mol. The average Bonchev–Trinajstić information content (AvgIpc) is 3.08. The summed E-state index contributed by atoms with van der Waals surface area (Å²) >= 11 is 0. The van der Waals surface area contributed by atoms with E-state index in [-0.39, 0.29) is 0 Å². The van der Waals surface area contributed by atoms with E-state index in [1.54, 1.807) is 0 Å². The minimum Gasteiger partial charge on any atom is -0.380 e. The quantitative estimate of drug-likeness (QED) is 0.747. The van der Waals surface area contributed by atoms with Crippen LogP contribution >= 0.6 is 0 Å². The van der Waals surface area contributed by atoms with Crippen LogP contribution in [0.1, 0.15) is 51.4 Å². The zero-order chi connectivity index (χ0) is 12.2. The van der Waals surface area contributed by atoms with Gasteiger partial charge in [-0.3, -0.25) is 0 Å². The Bertz CT molecular complexity index is 363. The fourth-order valence-electron chi connectivity index (χ4n) is 7.72. The van der Waals surface area contributed by atoms with Crippen molar-refractivity contribution < 1.29 is 9.47 Å². The lowest BCUT2D eigenvalue weighted by Crippen LogP contribution is -2.50. The Balaban J connectivity index is 1.70. The molecule has 5 aliphatic carbocycles. The molecule has 0 bridgehead atoms. The average molecular weight is 248 g/mol. The van der Waals surface area contributed by atoms with E-state index in [2.05, 4.69) is 0 Å². The fraction of sp³-hybridized carbons (Fsp3) is 1.00. The van der Waals surface area contributed by atoms with Gasteiger partial charge in [0.25, 0.3) is 0 Å². The van der Waals surface area contributed by atoms with Crippen LogP contribution in [0.4, 0.5) is 0 Å². The topological polar surface area (TPSA) is 18.5 Å². The highest BCUT2D eigenvalue weighted by Crippen LogP contribution is 2.94. The van der Waals surface area contributed by atoms with Crippen LogP contribution in [0.2, 0.25) is 0 Å². The number of hydrogen-bond donors (Lipinski definition) is 0. The van der Waals surface area contributed by atoms with Crippen LogP contribution in [-0.2, 0) is 9.47 Å². The van der Waals surface area contributed by atoms with Crippen LogP contribution in [0.5, 0.6) is 0 Å². The van der Waals surface area contributed by atoms with Gasteiger partial charge in [-0.1, -0.05) is 12.8 Å². The molecule has 100 valence electrons. The third-order valence-corrected chi connectivity index (χ3v) is 7.97. The normalized spacial score (nSPS) is 67.0. The predicted octanol–water partition coefficient (Wildman–Crippen LogP) is 3.15. The Labute approximate surface area is 109 Å². The maximum absolute atomic E-state index is 6.14. The Kier molecular flexibility index (Phi) is 1.60. The summed E-state index contributed by atoms with van der Waals surface area (Å²) < 4.78 is 12.3. The van der Waals surface area contributed by atoms with Crippen LogP contribution in [0.25, 0.3) is 0 Å². The molecule has 5 fully saturated rings. The highest BCUT2D eigenvalue weighted by molar-refractivity contribution is 5.41. The monoisotopic (exact) mass is 248 g/mol. The molecule has 0 aromatic rings. The first kappa shape index (κ1) is 10.7. The van der Waals surface area contributed by atoms with Crippen molar-refractivity contribution in [1.29, 1.82) is 0 Å². The van der Waals surface area contributed by atoms with Crippen molar-refractivity contribution >= 4 is 0 Å². The van der Waals surface area contributed by atoms with Crippen molar-refractivity contribution in [3.63, 3.8) is 0 Å². The molecule has 4 atom stereocenters. The minimum absolute atomic E-state index is 0.521. The summed E-state index contributed by atoms with van der Waals surface area (Å²) in [7, 11) is 3.95. The van der Waals surface area contributed by atoms with Crippen LogP contribution < -0.4 is 0 Å². The molecule has 0 saturated heterocycles. The van der Waals surface area contributed by atoms with E-state index in [1.807, 2.05) is 14.2 Å². The second-order valence-corrected chi connectivity index (χ2v) is 7.92. The second-order valence-electron chi connectivity index (χ2n) is 7.92. The van der Waals surface area contributed by atoms with Gasteiger partial charge in [-0.15, -0.1) is 0 Å². The minimum atomic E-state index is 0.521. The van der Waals surface area contributed by atoms with E-state index >= 15 is 0 Å². The van der Waals surface area contributed by atoms with Gasteiger partial charge in [0.2, 0.25) is 0 Å². The molecule has 0 N–H and O–H groups in total. The molecule has 0 heterocycles. The molecule has 0 aliphatic heterocycles. The van der Waals surface area contributed by atoms with Crippen molar-refractivity contribution in [1.82, 2.24) is 0 Å². The molecule has 0 unspecified atom stereocenters. The van der Waals surface area contributed by atoms with Gasteiger partial charge >= 0.3 is 0 Å². The first-order valence-corrected chi connectivity index (χ1v) is 7.77. The molecule has 0 radical (unpaired) electrons. The summed E-state index contributed by atoms with van der Waals surface area (Å²) in [5.41, 5.74) is 2.08. The van der Waals surface area contributed by atoms with Crippen LogP contribution in [-0.4, -0.2) is 26.4 Å². The Hall–Kier alpha value is -0.0800. The van der Waals surface area contributed by atoms with Gasteiger partial charge in [0.1, 0.15) is 0 Å². The van der Waals surface area contributed by atoms with Crippen LogP contribution in [0, 0.1) is 21.7 Å². The molecule has 0 amide bonds. The Morgan fingerprint density at radius 1 is 0.667 bits per heavy atom. The van der Waals surface area contributed by atoms with Crippen molar-refractivity contribution in [3.8, 4) is 0 Å². The zero-order valence-corrected chi connectivity index (χ0v) is 11.6. The molecular weight excluding hydrogens is 224 g/mol. The molecule has 18 heavy (non-hydrogen) atoms. The van der Waals surface area contributed by atoms with E-state index in [0.29, 0.717) is 33.9 Å². The van der Waals surface area contributed by atoms with Gasteiger partial charge in [-0.2, -0.15) is 0 Å². The maximum atomic E-state index is 6.14. The second kappa shape index (κ2) is 2.69. The maximum Gasteiger partial charge on any atom is 0.0696 e. The fourth-order valence-corrected chi connectivity index (χ4v) is 7.72. The third kappa shape index (κ3) is 0.725. The first-order chi connectivity index (χ1) is 8.71. The van der Waals surface area contributed by atoms with E-state index in [1.165, 1.54) is 51.4 Å². The molecule has 0 aromatic heterocycles. The first-order valence-electron chi connectivity index (χ1n) is 7.77. The largest absolute Gasteiger partial charge is 0.380 e. The zero-order valence-electron chi connectivity index (χ0n) is 11.6. The van der Waals surface area contributed by atoms with E-state index in [0.717, 1.165) is 0 Å². The van der Waals surface area contributed by atoms with Gasteiger partial charge in [0.15, 0.2) is 0 Å². The molecule has 2 heteroatoms. The van der Waals surface area contributed by atoms with Gasteiger partial charge in [-0.25, -0.2) is 0 Å². The molecule has 2 nitrogen and oxygen atoms in total. The number of ether oxygens (including phenoxy) is 2. The number of hydrogen-bond acceptors (Lipinski definition) is 2. The van der Waals surface area contributed by atoms with Crippen LogP contribution in [0.3, 0.4) is 0 Å². The molecule has 5 rings (SSSR count). The van der Waals surface area contributed by atoms with Crippen molar-refractivity contribution in [2.75, 3.05) is 14.2 Å². The van der Waals surface area contributed by atoms with E-state index in [4.69, 9.17) is 9.47 Å². The lowest BCUT2D eigenvalue weighted by Gasteiger charge is -2.45. The van der Waals surface area contributed by atoms with Gasteiger partial charge in [0, 0.05) is 35.9 Å². The van der Waals surface area contributed by atoms with Gasteiger partial charge < -0.3 is 9.47 Å². The van der Waals surface area contributed by atoms with E-state index < -0.39 is 0 Å². The third-order valence-electron chi connectivity index (χ3n) is 7.97. The summed E-state index contributed by atoms with van der Waals surface area (Å²) in [6, 6.07) is 0. The lowest BCUT2D eigenvalue weighted by molar-refractivity contribution is -0.124. The van der Waals surface area contributed by atoms with Crippen molar-refractivity contribution in [3.05, 3.63) is 0 Å². The number of rotatable bonds is 2. The lowest BCUT2D eigenvalue weighted by atomic mass is 9.67. The molecular formula is C16H24O2. The highest BCUT2D eigenvalue weighted by Gasteiger charge is 2.93. The van der Waals surface area contributed by atoms with Crippen molar-refractivity contribution in [2.45, 2.75) is 63.6 Å². The Morgan fingerprint density at radius 2 is 1.00 bits per heavy atom. The number of methoxy groups -OCH3 is 2. The van der Waals surface area contributed by atoms with E-state index in [9.17, 15) is 0 Å². The summed E-state index contributed by atoms with van der Waals surface area (Å²) in [6.45, 7) is 0. The molecule has 0 aromatic carbocycles. The summed E-state index contributed by atoms with van der Waals surface area (Å²) in [5.74, 6) is 0. The molecule has 5 aliphatic rings. The van der Waals surface area contributed by atoms with Gasteiger partial charge in [-0.05, 0) is 38.5 Å². The smallest absolute Gasteiger partial charge is 0.0696 e. The molecule has 0 spiro atoms.